The zero-order valence-corrected chi connectivity index (χ0v) is 17.7. The molecule has 0 spiro atoms. The van der Waals surface area contributed by atoms with Gasteiger partial charge in [0.25, 0.3) is 0 Å². The average Bonchev–Trinajstić information content (AvgIpc) is 2.74. The van der Waals surface area contributed by atoms with Gasteiger partial charge in [0, 0.05) is 3.57 Å². The van der Waals surface area contributed by atoms with Crippen molar-refractivity contribution in [2.24, 2.45) is 0 Å². The summed E-state index contributed by atoms with van der Waals surface area (Å²) in [5, 5.41) is 0. The molecule has 0 aromatic heterocycles. The van der Waals surface area contributed by atoms with E-state index in [0.717, 1.165) is 34.8 Å². The second kappa shape index (κ2) is 8.65. The van der Waals surface area contributed by atoms with Crippen LogP contribution >= 0.6 is 22.6 Å². The second-order valence-electron chi connectivity index (χ2n) is 6.48. The summed E-state index contributed by atoms with van der Waals surface area (Å²) in [5.74, 6) is 2.57. The summed E-state index contributed by atoms with van der Waals surface area (Å²) in [6, 6.07) is 24.7. The fourth-order valence-corrected chi connectivity index (χ4v) is 3.80. The second-order valence-corrected chi connectivity index (χ2v) is 7.73. The average molecular weight is 479 g/mol. The molecule has 0 atom stereocenters. The Bertz CT molecular complexity index is 1040. The van der Waals surface area contributed by atoms with Crippen molar-refractivity contribution in [2.75, 3.05) is 7.11 Å². The number of para-hydroxylation sites is 1. The predicted octanol–water partition coefficient (Wildman–Crippen LogP) is 6.92. The highest BCUT2D eigenvalue weighted by molar-refractivity contribution is 14.1. The van der Waals surface area contributed by atoms with Crippen molar-refractivity contribution in [2.45, 2.75) is 6.42 Å². The Balaban J connectivity index is 1.73. The third-order valence-corrected chi connectivity index (χ3v) is 5.28. The van der Waals surface area contributed by atoms with E-state index in [1.807, 2.05) is 36.4 Å². The van der Waals surface area contributed by atoms with E-state index in [-0.39, 0.29) is 0 Å². The van der Waals surface area contributed by atoms with Crippen LogP contribution in [0.4, 0.5) is 0 Å². The molecule has 0 amide bonds. The molecule has 139 valence electrons. The lowest BCUT2D eigenvalue weighted by atomic mass is 9.90. The number of allylic oxidation sites excluding steroid dienone is 3. The largest absolute Gasteiger partial charge is 0.497 e. The van der Waals surface area contributed by atoms with Crippen molar-refractivity contribution in [3.8, 4) is 22.6 Å². The zero-order chi connectivity index (χ0) is 19.3. The van der Waals surface area contributed by atoms with Crippen molar-refractivity contribution >= 4 is 28.2 Å². The van der Waals surface area contributed by atoms with Gasteiger partial charge in [-0.1, -0.05) is 36.4 Å². The monoisotopic (exact) mass is 479 g/mol. The Kier molecular flexibility index (Phi) is 5.81. The molecule has 28 heavy (non-hydrogen) atoms. The van der Waals surface area contributed by atoms with Gasteiger partial charge in [0.1, 0.15) is 17.3 Å². The minimum absolute atomic E-state index is 0.839. The zero-order valence-electron chi connectivity index (χ0n) is 15.6. The first-order chi connectivity index (χ1) is 13.7. The molecule has 1 aliphatic rings. The molecule has 0 saturated heterocycles. The Labute approximate surface area is 179 Å². The number of benzene rings is 3. The number of halogens is 1. The van der Waals surface area contributed by atoms with Gasteiger partial charge in [-0.25, -0.2) is 0 Å². The molecule has 2 nitrogen and oxygen atoms in total. The van der Waals surface area contributed by atoms with Crippen LogP contribution in [0.2, 0.25) is 0 Å². The van der Waals surface area contributed by atoms with Crippen molar-refractivity contribution < 1.29 is 9.47 Å². The fourth-order valence-electron chi connectivity index (χ4n) is 3.25. The quantitative estimate of drug-likeness (QED) is 0.370. The summed E-state index contributed by atoms with van der Waals surface area (Å²) >= 11 is 2.35. The first-order valence-electron chi connectivity index (χ1n) is 9.15. The molecular weight excluding hydrogens is 459 g/mol. The smallest absolute Gasteiger partial charge is 0.127 e. The van der Waals surface area contributed by atoms with Gasteiger partial charge < -0.3 is 9.47 Å². The first-order valence-corrected chi connectivity index (χ1v) is 10.2. The number of hydrogen-bond acceptors (Lipinski definition) is 2. The van der Waals surface area contributed by atoms with Gasteiger partial charge in [-0.05, 0) is 106 Å². The highest BCUT2D eigenvalue weighted by Gasteiger charge is 2.15. The number of methoxy groups -OCH3 is 1. The third-order valence-electron chi connectivity index (χ3n) is 4.61. The molecule has 0 heterocycles. The summed E-state index contributed by atoms with van der Waals surface area (Å²) < 4.78 is 12.7. The molecule has 3 aromatic carbocycles. The standard InChI is InChI=1S/C25H20IO2/c1-27-22-13-14-24(25(17-22)18-7-5-9-20(26)15-18)19-8-6-12-23(16-19)28-21-10-3-2-4-11-21/h2-5,7-17H,6H2,1H3. The van der Waals surface area contributed by atoms with Crippen LogP contribution in [0.1, 0.15) is 12.0 Å². The van der Waals surface area contributed by atoms with Gasteiger partial charge in [0.05, 0.1) is 7.11 Å². The van der Waals surface area contributed by atoms with E-state index in [2.05, 4.69) is 77.6 Å². The van der Waals surface area contributed by atoms with E-state index in [0.29, 0.717) is 0 Å². The van der Waals surface area contributed by atoms with Gasteiger partial charge >= 0.3 is 0 Å². The van der Waals surface area contributed by atoms with Crippen molar-refractivity contribution in [3.63, 3.8) is 0 Å². The summed E-state index contributed by atoms with van der Waals surface area (Å²) in [7, 11) is 1.70. The van der Waals surface area contributed by atoms with Crippen LogP contribution < -0.4 is 9.47 Å². The minimum atomic E-state index is 0.839. The van der Waals surface area contributed by atoms with E-state index < -0.39 is 0 Å². The maximum atomic E-state index is 6.06. The Morgan fingerprint density at radius 2 is 1.68 bits per heavy atom. The van der Waals surface area contributed by atoms with Crippen LogP contribution in [-0.4, -0.2) is 7.11 Å². The summed E-state index contributed by atoms with van der Waals surface area (Å²) in [6.45, 7) is 0. The van der Waals surface area contributed by atoms with Gasteiger partial charge in [0.15, 0.2) is 0 Å². The lowest BCUT2D eigenvalue weighted by Gasteiger charge is -2.18. The van der Waals surface area contributed by atoms with Crippen molar-refractivity contribution in [1.29, 1.82) is 0 Å². The van der Waals surface area contributed by atoms with Crippen LogP contribution in [0.25, 0.3) is 16.7 Å². The van der Waals surface area contributed by atoms with Crippen molar-refractivity contribution in [3.05, 3.63) is 106 Å². The maximum absolute atomic E-state index is 6.06. The predicted molar refractivity (Wildman–Crippen MR) is 123 cm³/mol. The summed E-state index contributed by atoms with van der Waals surface area (Å²) in [4.78, 5) is 0. The fraction of sp³-hybridized carbons (Fsp3) is 0.0800. The van der Waals surface area contributed by atoms with E-state index in [9.17, 15) is 0 Å². The lowest BCUT2D eigenvalue weighted by Crippen LogP contribution is -2.01. The van der Waals surface area contributed by atoms with Gasteiger partial charge in [0.2, 0.25) is 0 Å². The van der Waals surface area contributed by atoms with E-state index in [4.69, 9.17) is 9.47 Å². The SMILES string of the molecule is COc1ccc(C2=CC(Oc3ccccc3)=CC[CH]2)c(-c2cccc(I)c2)c1. The minimum Gasteiger partial charge on any atom is -0.497 e. The normalized spacial score (nSPS) is 13.5. The molecule has 4 rings (SSSR count). The maximum Gasteiger partial charge on any atom is 0.127 e. The van der Waals surface area contributed by atoms with Gasteiger partial charge in [-0.3, -0.25) is 0 Å². The van der Waals surface area contributed by atoms with Gasteiger partial charge in [-0.15, -0.1) is 0 Å². The molecule has 3 aromatic rings. The molecule has 0 unspecified atom stereocenters. The van der Waals surface area contributed by atoms with Crippen LogP contribution in [-0.2, 0) is 0 Å². The van der Waals surface area contributed by atoms with Crippen LogP contribution in [0.15, 0.2) is 90.7 Å². The van der Waals surface area contributed by atoms with E-state index in [1.54, 1.807) is 7.11 Å². The molecule has 3 heteroatoms. The number of ether oxygens (including phenoxy) is 2. The molecule has 1 aliphatic carbocycles. The molecule has 0 aliphatic heterocycles. The molecule has 0 fully saturated rings. The molecule has 1 radical (unpaired) electrons. The molecule has 0 saturated carbocycles. The summed E-state index contributed by atoms with van der Waals surface area (Å²) in [5.41, 5.74) is 4.66. The topological polar surface area (TPSA) is 18.5 Å². The van der Waals surface area contributed by atoms with Crippen LogP contribution in [0, 0.1) is 9.99 Å². The molecule has 0 N–H and O–H groups in total. The van der Waals surface area contributed by atoms with Crippen molar-refractivity contribution in [1.82, 2.24) is 0 Å². The highest BCUT2D eigenvalue weighted by atomic mass is 127. The third kappa shape index (κ3) is 4.30. The van der Waals surface area contributed by atoms with Crippen LogP contribution in [0.5, 0.6) is 11.5 Å². The van der Waals surface area contributed by atoms with E-state index in [1.165, 1.54) is 14.7 Å². The van der Waals surface area contributed by atoms with Gasteiger partial charge in [-0.2, -0.15) is 0 Å². The number of hydrogen-bond donors (Lipinski definition) is 0. The number of rotatable bonds is 5. The Morgan fingerprint density at radius 3 is 2.46 bits per heavy atom. The Hall–Kier alpha value is -2.53. The van der Waals surface area contributed by atoms with Crippen LogP contribution in [0.3, 0.4) is 0 Å². The molecule has 0 bridgehead atoms. The first kappa shape index (κ1) is 18.8. The van der Waals surface area contributed by atoms with E-state index >= 15 is 0 Å². The molecular formula is C25H20IO2. The Morgan fingerprint density at radius 1 is 0.821 bits per heavy atom. The highest BCUT2D eigenvalue weighted by Crippen LogP contribution is 2.36. The lowest BCUT2D eigenvalue weighted by molar-refractivity contribution is 0.415. The summed E-state index contributed by atoms with van der Waals surface area (Å²) in [6.07, 6.45) is 7.28.